The molecule has 1 amide bonds. The quantitative estimate of drug-likeness (QED) is 0.767. The van der Waals surface area contributed by atoms with Gasteiger partial charge in [-0.3, -0.25) is 4.79 Å². The van der Waals surface area contributed by atoms with Crippen LogP contribution in [-0.4, -0.2) is 17.6 Å². The fourth-order valence-corrected chi connectivity index (χ4v) is 1.78. The summed E-state index contributed by atoms with van der Waals surface area (Å²) >= 11 is 0. The summed E-state index contributed by atoms with van der Waals surface area (Å²) in [5, 5.41) is 12.4. The highest BCUT2D eigenvalue weighted by Crippen LogP contribution is 2.12. The Hall–Kier alpha value is -1.29. The molecule has 0 aliphatic rings. The third-order valence-electron chi connectivity index (χ3n) is 2.68. The number of aliphatic hydroxyl groups excluding tert-OH is 1. The minimum Gasteiger partial charge on any atom is -0.467 e. The summed E-state index contributed by atoms with van der Waals surface area (Å²) in [6.07, 6.45) is 3.38. The maximum atomic E-state index is 11.5. The normalized spacial score (nSPS) is 14.3. The van der Waals surface area contributed by atoms with Crippen molar-refractivity contribution in [3.63, 3.8) is 0 Å². The minimum atomic E-state index is -0.768. The Bertz CT molecular complexity index is 321. The number of amides is 1. The first-order valence-electron chi connectivity index (χ1n) is 6.11. The maximum absolute atomic E-state index is 11.5. The van der Waals surface area contributed by atoms with Crippen molar-refractivity contribution in [1.82, 2.24) is 5.32 Å². The van der Waals surface area contributed by atoms with Crippen LogP contribution in [0.25, 0.3) is 0 Å². The fraction of sp³-hybridized carbons (Fsp3) is 0.615. The monoisotopic (exact) mass is 239 g/mol. The molecule has 17 heavy (non-hydrogen) atoms. The molecule has 0 aliphatic carbocycles. The molecule has 1 aromatic rings. The van der Waals surface area contributed by atoms with E-state index in [-0.39, 0.29) is 12.5 Å². The van der Waals surface area contributed by atoms with Crippen LogP contribution >= 0.6 is 0 Å². The summed E-state index contributed by atoms with van der Waals surface area (Å²) in [6.45, 7) is 4.37. The Morgan fingerprint density at radius 3 is 2.94 bits per heavy atom. The zero-order valence-electron chi connectivity index (χ0n) is 10.5. The molecule has 0 saturated heterocycles. The number of rotatable bonds is 7. The highest BCUT2D eigenvalue weighted by atomic mass is 16.4. The number of carbonyl (C=O) groups excluding carboxylic acids is 1. The third-order valence-corrected chi connectivity index (χ3v) is 2.68. The van der Waals surface area contributed by atoms with Crippen LogP contribution in [-0.2, 0) is 4.79 Å². The van der Waals surface area contributed by atoms with Crippen LogP contribution in [0.1, 0.15) is 45.0 Å². The van der Waals surface area contributed by atoms with Crippen LogP contribution in [0.2, 0.25) is 0 Å². The standard InChI is InChI=1S/C13H21NO3/c1-3-5-10(2)8-13(16)14-9-11(15)12-6-4-7-17-12/h4,6-7,10-11,15H,3,5,8-9H2,1-2H3,(H,14,16). The smallest absolute Gasteiger partial charge is 0.220 e. The van der Waals surface area contributed by atoms with Crippen LogP contribution in [0, 0.1) is 5.92 Å². The van der Waals surface area contributed by atoms with Crippen molar-refractivity contribution in [1.29, 1.82) is 0 Å². The number of nitrogens with one attached hydrogen (secondary N) is 1. The van der Waals surface area contributed by atoms with E-state index in [1.165, 1.54) is 6.26 Å². The summed E-state index contributed by atoms with van der Waals surface area (Å²) in [5.74, 6) is 0.851. The molecule has 0 bridgehead atoms. The molecule has 0 aromatic carbocycles. The van der Waals surface area contributed by atoms with Crippen LogP contribution in [0.5, 0.6) is 0 Å². The molecular weight excluding hydrogens is 218 g/mol. The largest absolute Gasteiger partial charge is 0.467 e. The zero-order valence-corrected chi connectivity index (χ0v) is 10.5. The minimum absolute atomic E-state index is 0.0171. The molecule has 96 valence electrons. The van der Waals surface area contributed by atoms with E-state index in [0.717, 1.165) is 12.8 Å². The summed E-state index contributed by atoms with van der Waals surface area (Å²) in [4.78, 5) is 11.5. The van der Waals surface area contributed by atoms with Gasteiger partial charge in [-0.25, -0.2) is 0 Å². The van der Waals surface area contributed by atoms with E-state index in [1.54, 1.807) is 12.1 Å². The molecule has 0 saturated carbocycles. The summed E-state index contributed by atoms with van der Waals surface area (Å²) in [5.41, 5.74) is 0. The molecule has 2 atom stereocenters. The van der Waals surface area contributed by atoms with E-state index in [2.05, 4.69) is 19.2 Å². The van der Waals surface area contributed by atoms with Gasteiger partial charge in [0, 0.05) is 6.42 Å². The molecular formula is C13H21NO3. The molecule has 0 radical (unpaired) electrons. The second-order valence-electron chi connectivity index (χ2n) is 4.43. The van der Waals surface area contributed by atoms with E-state index in [0.29, 0.717) is 18.1 Å². The lowest BCUT2D eigenvalue weighted by molar-refractivity contribution is -0.122. The van der Waals surface area contributed by atoms with Crippen molar-refractivity contribution in [2.45, 2.75) is 39.2 Å². The van der Waals surface area contributed by atoms with E-state index >= 15 is 0 Å². The van der Waals surface area contributed by atoms with Gasteiger partial charge in [0.2, 0.25) is 5.91 Å². The molecule has 2 N–H and O–H groups in total. The summed E-state index contributed by atoms with van der Waals surface area (Å²) in [6, 6.07) is 3.40. The van der Waals surface area contributed by atoms with Crippen molar-refractivity contribution < 1.29 is 14.3 Å². The van der Waals surface area contributed by atoms with Gasteiger partial charge in [-0.2, -0.15) is 0 Å². The first-order valence-corrected chi connectivity index (χ1v) is 6.11. The van der Waals surface area contributed by atoms with Gasteiger partial charge in [0.25, 0.3) is 0 Å². The first kappa shape index (κ1) is 13.8. The van der Waals surface area contributed by atoms with Crippen LogP contribution < -0.4 is 5.32 Å². The molecule has 0 spiro atoms. The van der Waals surface area contributed by atoms with E-state index < -0.39 is 6.10 Å². The average Bonchev–Trinajstić information content (AvgIpc) is 2.79. The van der Waals surface area contributed by atoms with Gasteiger partial charge in [-0.1, -0.05) is 26.7 Å². The molecule has 0 aliphatic heterocycles. The Kier molecular flexibility index (Phi) is 5.77. The van der Waals surface area contributed by atoms with Crippen LogP contribution in [0.3, 0.4) is 0 Å². The van der Waals surface area contributed by atoms with Crippen LogP contribution in [0.4, 0.5) is 0 Å². The lowest BCUT2D eigenvalue weighted by atomic mass is 10.0. The highest BCUT2D eigenvalue weighted by Gasteiger charge is 2.13. The average molecular weight is 239 g/mol. The summed E-state index contributed by atoms with van der Waals surface area (Å²) in [7, 11) is 0. The predicted octanol–water partition coefficient (Wildman–Crippen LogP) is 2.26. The number of aliphatic hydroxyl groups is 1. The lowest BCUT2D eigenvalue weighted by Crippen LogP contribution is -2.29. The van der Waals surface area contributed by atoms with Crippen molar-refractivity contribution >= 4 is 5.91 Å². The van der Waals surface area contributed by atoms with E-state index in [4.69, 9.17) is 4.42 Å². The molecule has 4 heteroatoms. The fourth-order valence-electron chi connectivity index (χ4n) is 1.78. The van der Waals surface area contributed by atoms with Gasteiger partial charge in [0.15, 0.2) is 0 Å². The first-order chi connectivity index (χ1) is 8.13. The SMILES string of the molecule is CCCC(C)CC(=O)NCC(O)c1ccco1. The van der Waals surface area contributed by atoms with Gasteiger partial charge in [0.1, 0.15) is 11.9 Å². The number of carbonyl (C=O) groups is 1. The second-order valence-corrected chi connectivity index (χ2v) is 4.43. The van der Waals surface area contributed by atoms with Crippen molar-refractivity contribution in [3.05, 3.63) is 24.2 Å². The van der Waals surface area contributed by atoms with Crippen LogP contribution in [0.15, 0.2) is 22.8 Å². The third kappa shape index (κ3) is 5.04. The van der Waals surface area contributed by atoms with Crippen molar-refractivity contribution in [2.75, 3.05) is 6.54 Å². The number of furan rings is 1. The second kappa shape index (κ2) is 7.12. The molecule has 2 unspecified atom stereocenters. The Morgan fingerprint density at radius 1 is 1.59 bits per heavy atom. The number of hydrogen-bond donors (Lipinski definition) is 2. The zero-order chi connectivity index (χ0) is 12.7. The van der Waals surface area contributed by atoms with Gasteiger partial charge >= 0.3 is 0 Å². The number of hydrogen-bond acceptors (Lipinski definition) is 3. The molecule has 0 fully saturated rings. The molecule has 4 nitrogen and oxygen atoms in total. The van der Waals surface area contributed by atoms with Gasteiger partial charge in [-0.15, -0.1) is 0 Å². The lowest BCUT2D eigenvalue weighted by Gasteiger charge is -2.12. The molecule has 1 aromatic heterocycles. The Labute approximate surface area is 102 Å². The summed E-state index contributed by atoms with van der Waals surface area (Å²) < 4.78 is 5.05. The topological polar surface area (TPSA) is 62.5 Å². The van der Waals surface area contributed by atoms with Gasteiger partial charge in [-0.05, 0) is 18.1 Å². The Balaban J connectivity index is 2.24. The van der Waals surface area contributed by atoms with Gasteiger partial charge < -0.3 is 14.8 Å². The van der Waals surface area contributed by atoms with E-state index in [1.807, 2.05) is 0 Å². The molecule has 1 heterocycles. The van der Waals surface area contributed by atoms with Gasteiger partial charge in [0.05, 0.1) is 12.8 Å². The highest BCUT2D eigenvalue weighted by molar-refractivity contribution is 5.76. The molecule has 1 rings (SSSR count). The maximum Gasteiger partial charge on any atom is 0.220 e. The predicted molar refractivity (Wildman–Crippen MR) is 65.4 cm³/mol. The van der Waals surface area contributed by atoms with Crippen molar-refractivity contribution in [3.8, 4) is 0 Å². The Morgan fingerprint density at radius 2 is 2.35 bits per heavy atom. The van der Waals surface area contributed by atoms with E-state index in [9.17, 15) is 9.90 Å². The van der Waals surface area contributed by atoms with Crippen molar-refractivity contribution in [2.24, 2.45) is 5.92 Å².